The van der Waals surface area contributed by atoms with Gasteiger partial charge in [0.15, 0.2) is 6.29 Å². The van der Waals surface area contributed by atoms with Gasteiger partial charge in [-0.3, -0.25) is 0 Å². The lowest BCUT2D eigenvalue weighted by Crippen LogP contribution is -2.18. The molecule has 0 bridgehead atoms. The number of nitrogens with one attached hydrogen (secondary N) is 1. The summed E-state index contributed by atoms with van der Waals surface area (Å²) in [6.07, 6.45) is -5.17. The van der Waals surface area contributed by atoms with Crippen LogP contribution in [0.4, 0.5) is 18.9 Å². The van der Waals surface area contributed by atoms with Crippen LogP contribution in [0.1, 0.15) is 17.4 Å². The zero-order chi connectivity index (χ0) is 19.9. The number of ether oxygens (including phenoxy) is 4. The van der Waals surface area contributed by atoms with Gasteiger partial charge in [-0.05, 0) is 12.1 Å². The Morgan fingerprint density at radius 3 is 2.15 bits per heavy atom. The van der Waals surface area contributed by atoms with Crippen molar-refractivity contribution in [1.29, 1.82) is 0 Å². The first-order valence-electron chi connectivity index (χ1n) is 7.09. The minimum absolute atomic E-state index is 0.104. The van der Waals surface area contributed by atoms with Gasteiger partial charge in [-0.2, -0.15) is 13.2 Å². The number of benzene rings is 1. The van der Waals surface area contributed by atoms with Crippen LogP contribution in [0.2, 0.25) is 0 Å². The zero-order valence-electron chi connectivity index (χ0n) is 14.5. The van der Waals surface area contributed by atoms with Gasteiger partial charge in [0.2, 0.25) is 0 Å². The SMILES string of the molecule is COC(=O)/C=C(/Nc1ccc(C(OC)OC)c(C(F)(F)F)c1)C(=O)OC. The molecule has 0 heterocycles. The normalized spacial score (nSPS) is 12.1. The van der Waals surface area contributed by atoms with E-state index >= 15 is 0 Å². The van der Waals surface area contributed by atoms with Crippen molar-refractivity contribution >= 4 is 17.6 Å². The number of halogens is 3. The van der Waals surface area contributed by atoms with Gasteiger partial charge in [0.1, 0.15) is 5.70 Å². The molecule has 1 aromatic carbocycles. The molecule has 0 saturated heterocycles. The third-order valence-corrected chi connectivity index (χ3v) is 3.19. The van der Waals surface area contributed by atoms with E-state index in [0.717, 1.165) is 32.4 Å². The molecule has 0 atom stereocenters. The number of alkyl halides is 3. The van der Waals surface area contributed by atoms with Gasteiger partial charge in [0.25, 0.3) is 0 Å². The van der Waals surface area contributed by atoms with Crippen molar-refractivity contribution in [2.24, 2.45) is 0 Å². The average Bonchev–Trinajstić information content (AvgIpc) is 2.61. The summed E-state index contributed by atoms with van der Waals surface area (Å²) in [4.78, 5) is 23.0. The molecule has 144 valence electrons. The maximum atomic E-state index is 13.4. The van der Waals surface area contributed by atoms with Gasteiger partial charge < -0.3 is 24.3 Å². The number of carbonyl (C=O) groups is 2. The minimum Gasteiger partial charge on any atom is -0.466 e. The Kier molecular flexibility index (Phi) is 7.59. The number of hydrogen-bond donors (Lipinski definition) is 1. The summed E-state index contributed by atoms with van der Waals surface area (Å²) in [7, 11) is 4.55. The summed E-state index contributed by atoms with van der Waals surface area (Å²) < 4.78 is 58.7. The first-order valence-corrected chi connectivity index (χ1v) is 7.09. The molecule has 26 heavy (non-hydrogen) atoms. The fraction of sp³-hybridized carbons (Fsp3) is 0.375. The summed E-state index contributed by atoms with van der Waals surface area (Å²) in [6, 6.07) is 3.16. The number of methoxy groups -OCH3 is 4. The molecule has 0 saturated carbocycles. The predicted molar refractivity (Wildman–Crippen MR) is 83.9 cm³/mol. The Morgan fingerprint density at radius 1 is 1.08 bits per heavy atom. The fourth-order valence-corrected chi connectivity index (χ4v) is 2.02. The molecule has 1 rings (SSSR count). The molecule has 7 nitrogen and oxygen atoms in total. The largest absolute Gasteiger partial charge is 0.466 e. The van der Waals surface area contributed by atoms with Crippen molar-refractivity contribution in [2.45, 2.75) is 12.5 Å². The van der Waals surface area contributed by atoms with Crippen molar-refractivity contribution in [2.75, 3.05) is 33.8 Å². The molecule has 0 spiro atoms. The van der Waals surface area contributed by atoms with Crippen LogP contribution < -0.4 is 5.32 Å². The molecule has 1 aromatic rings. The summed E-state index contributed by atoms with van der Waals surface area (Å²) in [6.45, 7) is 0. The van der Waals surface area contributed by atoms with Gasteiger partial charge in [-0.15, -0.1) is 0 Å². The topological polar surface area (TPSA) is 83.1 Å². The molecule has 10 heteroatoms. The van der Waals surface area contributed by atoms with Crippen molar-refractivity contribution in [3.05, 3.63) is 41.1 Å². The fourth-order valence-electron chi connectivity index (χ4n) is 2.02. The molecule has 0 aliphatic carbocycles. The number of esters is 2. The van der Waals surface area contributed by atoms with Crippen LogP contribution in [0, 0.1) is 0 Å². The lowest BCUT2D eigenvalue weighted by atomic mass is 10.1. The Balaban J connectivity index is 3.34. The van der Waals surface area contributed by atoms with Crippen LogP contribution in [0.5, 0.6) is 0 Å². The van der Waals surface area contributed by atoms with Gasteiger partial charge in [0, 0.05) is 25.5 Å². The zero-order valence-corrected chi connectivity index (χ0v) is 14.5. The lowest BCUT2D eigenvalue weighted by Gasteiger charge is -2.20. The molecule has 0 amide bonds. The highest BCUT2D eigenvalue weighted by Crippen LogP contribution is 2.37. The molecule has 0 aromatic heterocycles. The molecule has 0 aliphatic heterocycles. The van der Waals surface area contributed by atoms with Crippen LogP contribution >= 0.6 is 0 Å². The summed E-state index contributed by atoms with van der Waals surface area (Å²) in [5.74, 6) is -1.84. The molecule has 1 N–H and O–H groups in total. The number of rotatable bonds is 7. The summed E-state index contributed by atoms with van der Waals surface area (Å²) in [5.41, 5.74) is -1.77. The van der Waals surface area contributed by atoms with Gasteiger partial charge >= 0.3 is 18.1 Å². The highest BCUT2D eigenvalue weighted by atomic mass is 19.4. The van der Waals surface area contributed by atoms with E-state index in [1.165, 1.54) is 20.3 Å². The predicted octanol–water partition coefficient (Wildman–Crippen LogP) is 2.64. The minimum atomic E-state index is -4.71. The standard InChI is InChI=1S/C16H18F3NO6/c1-23-13(21)8-12(14(22)24-2)20-9-5-6-10(15(25-3)26-4)11(7-9)16(17,18)19/h5-8,15,20H,1-4H3/b12-8+. The second-order valence-electron chi connectivity index (χ2n) is 4.80. The van der Waals surface area contributed by atoms with Crippen LogP contribution in [0.3, 0.4) is 0 Å². The summed E-state index contributed by atoms with van der Waals surface area (Å²) in [5, 5.41) is 2.41. The van der Waals surface area contributed by atoms with Gasteiger partial charge in [0.05, 0.1) is 25.9 Å². The van der Waals surface area contributed by atoms with E-state index < -0.39 is 35.7 Å². The Labute approximate surface area is 147 Å². The van der Waals surface area contributed by atoms with Crippen molar-refractivity contribution in [1.82, 2.24) is 0 Å². The van der Waals surface area contributed by atoms with Crippen molar-refractivity contribution in [3.63, 3.8) is 0 Å². The van der Waals surface area contributed by atoms with Crippen LogP contribution in [0.25, 0.3) is 0 Å². The lowest BCUT2D eigenvalue weighted by molar-refractivity contribution is -0.147. The number of anilines is 1. The highest BCUT2D eigenvalue weighted by Gasteiger charge is 2.36. The number of hydrogen-bond acceptors (Lipinski definition) is 7. The Bertz CT molecular complexity index is 683. The third-order valence-electron chi connectivity index (χ3n) is 3.19. The van der Waals surface area contributed by atoms with Gasteiger partial charge in [-0.1, -0.05) is 6.07 Å². The molecule has 0 unspecified atom stereocenters. The van der Waals surface area contributed by atoms with E-state index in [-0.39, 0.29) is 11.3 Å². The van der Waals surface area contributed by atoms with E-state index in [0.29, 0.717) is 0 Å². The van der Waals surface area contributed by atoms with E-state index in [1.54, 1.807) is 0 Å². The monoisotopic (exact) mass is 377 g/mol. The van der Waals surface area contributed by atoms with Crippen LogP contribution in [0.15, 0.2) is 30.0 Å². The molecular weight excluding hydrogens is 359 g/mol. The van der Waals surface area contributed by atoms with Gasteiger partial charge in [-0.25, -0.2) is 9.59 Å². The number of carbonyl (C=O) groups excluding carboxylic acids is 2. The van der Waals surface area contributed by atoms with E-state index in [2.05, 4.69) is 14.8 Å². The van der Waals surface area contributed by atoms with E-state index in [4.69, 9.17) is 9.47 Å². The van der Waals surface area contributed by atoms with Crippen molar-refractivity contribution < 1.29 is 41.7 Å². The van der Waals surface area contributed by atoms with E-state index in [1.807, 2.05) is 0 Å². The first kappa shape index (κ1) is 21.5. The second-order valence-corrected chi connectivity index (χ2v) is 4.80. The molecule has 0 aliphatic rings. The molecular formula is C16H18F3NO6. The Hall–Kier alpha value is -2.59. The molecule has 0 fully saturated rings. The summed E-state index contributed by atoms with van der Waals surface area (Å²) >= 11 is 0. The van der Waals surface area contributed by atoms with Crippen LogP contribution in [-0.2, 0) is 34.7 Å². The second kappa shape index (κ2) is 9.20. The highest BCUT2D eigenvalue weighted by molar-refractivity contribution is 5.98. The maximum Gasteiger partial charge on any atom is 0.416 e. The van der Waals surface area contributed by atoms with Crippen molar-refractivity contribution in [3.8, 4) is 0 Å². The quantitative estimate of drug-likeness (QED) is 0.444. The van der Waals surface area contributed by atoms with E-state index in [9.17, 15) is 22.8 Å². The molecule has 0 radical (unpaired) electrons. The maximum absolute atomic E-state index is 13.4. The Morgan fingerprint density at radius 2 is 1.69 bits per heavy atom. The first-order chi connectivity index (χ1) is 12.2. The van der Waals surface area contributed by atoms with Crippen LogP contribution in [-0.4, -0.2) is 40.4 Å². The average molecular weight is 377 g/mol. The third kappa shape index (κ3) is 5.46. The smallest absolute Gasteiger partial charge is 0.416 e.